The first-order valence-corrected chi connectivity index (χ1v) is 31.0. The molecule has 2 saturated heterocycles. The molecule has 13 heteroatoms. The van der Waals surface area contributed by atoms with Gasteiger partial charge in [0.05, 0.1) is 36.8 Å². The van der Waals surface area contributed by atoms with Gasteiger partial charge in [0.1, 0.15) is 12.1 Å². The monoisotopic (exact) mass is 984 g/mol. The normalized spacial score (nSPS) is 48.5. The molecule has 12 rings (SSSR count). The molecule has 18 unspecified atom stereocenters. The molecule has 0 aromatic carbocycles. The molecular formula is C58H97N9O4. The summed E-state index contributed by atoms with van der Waals surface area (Å²) >= 11 is 0. The minimum absolute atomic E-state index is 0.0659. The number of hydrogen-bond donors (Lipinski definition) is 7. The number of carbonyl (C=O) groups excluding carboxylic acids is 1. The summed E-state index contributed by atoms with van der Waals surface area (Å²) in [6, 6.07) is 3.74. The number of carbonyl (C=O) groups is 1. The number of nitrogens with zero attached hydrogens (tertiary/aromatic N) is 4. The Morgan fingerprint density at radius 1 is 0.479 bits per heavy atom. The van der Waals surface area contributed by atoms with Crippen molar-refractivity contribution in [3.8, 4) is 0 Å². The average molecular weight is 984 g/mol. The second-order valence-electron chi connectivity index (χ2n) is 26.7. The topological polar surface area (TPSA) is 176 Å². The fourth-order valence-corrected chi connectivity index (χ4v) is 19.1. The summed E-state index contributed by atoms with van der Waals surface area (Å²) in [4.78, 5) is 20.2. The van der Waals surface area contributed by atoms with E-state index in [0.29, 0.717) is 72.6 Å². The summed E-state index contributed by atoms with van der Waals surface area (Å²) in [6.07, 6.45) is 36.8. The smallest absolute Gasteiger partial charge is 0.226 e. The SMILES string of the molecule is O=C(NC1CCCCC1)C1CC2CCC3C4CCCCC4NC3C2C(N=NC2CCC(NC3CCC(N=NC4C(O)C(CONC5CCCCC5)CC5CCC6C7CCCCC7NC6C54)CC3)CC2)C1O. The Hall–Kier alpha value is -1.61. The van der Waals surface area contributed by atoms with Crippen molar-refractivity contribution in [2.45, 2.75) is 290 Å². The first-order chi connectivity index (χ1) is 34.9. The van der Waals surface area contributed by atoms with Gasteiger partial charge in [0.15, 0.2) is 0 Å². The zero-order valence-electron chi connectivity index (χ0n) is 43.7. The molecular weight excluding hydrogens is 887 g/mol. The Labute approximate surface area is 427 Å². The molecule has 10 aliphatic carbocycles. The summed E-state index contributed by atoms with van der Waals surface area (Å²) in [5.74, 6) is 4.30. The van der Waals surface area contributed by atoms with Crippen molar-refractivity contribution in [1.82, 2.24) is 26.7 Å². The lowest BCUT2D eigenvalue weighted by atomic mass is 9.58. The number of rotatable bonds is 12. The highest BCUT2D eigenvalue weighted by Gasteiger charge is 2.59. The van der Waals surface area contributed by atoms with Crippen LogP contribution in [0.15, 0.2) is 20.5 Å². The number of aliphatic hydroxyl groups is 2. The molecule has 0 aromatic rings. The van der Waals surface area contributed by atoms with Crippen LogP contribution in [0.3, 0.4) is 0 Å². The molecule has 0 radical (unpaired) electrons. The number of aliphatic hydroxyl groups excluding tert-OH is 2. The van der Waals surface area contributed by atoms with Gasteiger partial charge in [-0.25, -0.2) is 0 Å². The van der Waals surface area contributed by atoms with Crippen LogP contribution in [0.25, 0.3) is 0 Å². The van der Waals surface area contributed by atoms with Gasteiger partial charge >= 0.3 is 0 Å². The second kappa shape index (κ2) is 22.9. The first-order valence-electron chi connectivity index (χ1n) is 31.0. The van der Waals surface area contributed by atoms with Gasteiger partial charge in [-0.05, 0) is 177 Å². The van der Waals surface area contributed by atoms with Crippen molar-refractivity contribution < 1.29 is 19.8 Å². The molecule has 0 spiro atoms. The molecule has 2 aliphatic heterocycles. The molecule has 18 atom stereocenters. The molecule has 2 heterocycles. The maximum atomic E-state index is 14.0. The van der Waals surface area contributed by atoms with E-state index >= 15 is 0 Å². The molecule has 398 valence electrons. The number of nitrogens with one attached hydrogen (secondary N) is 5. The highest BCUT2D eigenvalue weighted by atomic mass is 16.6. The van der Waals surface area contributed by atoms with Crippen LogP contribution >= 0.6 is 0 Å². The van der Waals surface area contributed by atoms with Gasteiger partial charge in [0, 0.05) is 66.1 Å². The molecule has 10 saturated carbocycles. The van der Waals surface area contributed by atoms with Crippen molar-refractivity contribution in [1.29, 1.82) is 0 Å². The Kier molecular flexibility index (Phi) is 16.2. The molecule has 0 aromatic heterocycles. The summed E-state index contributed by atoms with van der Waals surface area (Å²) < 4.78 is 0. The van der Waals surface area contributed by atoms with E-state index in [2.05, 4.69) is 26.7 Å². The first kappa shape index (κ1) is 50.2. The summed E-state index contributed by atoms with van der Waals surface area (Å²) in [7, 11) is 0. The predicted molar refractivity (Wildman–Crippen MR) is 276 cm³/mol. The van der Waals surface area contributed by atoms with Crippen molar-refractivity contribution in [2.24, 2.45) is 79.6 Å². The highest BCUT2D eigenvalue weighted by molar-refractivity contribution is 5.80. The largest absolute Gasteiger partial charge is 0.390 e. The van der Waals surface area contributed by atoms with Crippen LogP contribution in [0.2, 0.25) is 0 Å². The molecule has 12 fully saturated rings. The van der Waals surface area contributed by atoms with E-state index in [1.54, 1.807) is 0 Å². The third kappa shape index (κ3) is 10.9. The minimum atomic E-state index is -0.776. The van der Waals surface area contributed by atoms with Gasteiger partial charge in [-0.1, -0.05) is 64.2 Å². The number of hydrogen-bond acceptors (Lipinski definition) is 12. The van der Waals surface area contributed by atoms with Gasteiger partial charge in [-0.15, -0.1) is 0 Å². The Morgan fingerprint density at radius 2 is 0.972 bits per heavy atom. The molecule has 13 nitrogen and oxygen atoms in total. The van der Waals surface area contributed by atoms with Gasteiger partial charge in [0.2, 0.25) is 5.91 Å². The van der Waals surface area contributed by atoms with Crippen LogP contribution in [0.4, 0.5) is 0 Å². The third-order valence-electron chi connectivity index (χ3n) is 22.7. The quantitative estimate of drug-likeness (QED) is 0.0748. The van der Waals surface area contributed by atoms with E-state index < -0.39 is 18.1 Å². The summed E-state index contributed by atoms with van der Waals surface area (Å²) in [6.45, 7) is 0.561. The minimum Gasteiger partial charge on any atom is -0.390 e. The molecule has 7 N–H and O–H groups in total. The lowest BCUT2D eigenvalue weighted by molar-refractivity contribution is -0.136. The number of hydroxylamine groups is 1. The maximum absolute atomic E-state index is 14.0. The molecule has 71 heavy (non-hydrogen) atoms. The summed E-state index contributed by atoms with van der Waals surface area (Å²) in [5.41, 5.74) is 3.41. The van der Waals surface area contributed by atoms with Gasteiger partial charge < -0.3 is 36.3 Å². The van der Waals surface area contributed by atoms with Gasteiger partial charge in [-0.2, -0.15) is 25.9 Å². The zero-order chi connectivity index (χ0) is 47.8. The van der Waals surface area contributed by atoms with E-state index in [9.17, 15) is 15.0 Å². The number of azo groups is 2. The van der Waals surface area contributed by atoms with E-state index in [1.165, 1.54) is 122 Å². The van der Waals surface area contributed by atoms with Crippen molar-refractivity contribution in [3.05, 3.63) is 0 Å². The number of amides is 1. The number of fused-ring (bicyclic) bond motifs is 10. The van der Waals surface area contributed by atoms with E-state index in [1.807, 2.05) is 0 Å². The highest BCUT2D eigenvalue weighted by Crippen LogP contribution is 2.55. The van der Waals surface area contributed by atoms with E-state index in [0.717, 1.165) is 101 Å². The summed E-state index contributed by atoms with van der Waals surface area (Å²) in [5, 5.41) is 61.1. The van der Waals surface area contributed by atoms with Crippen molar-refractivity contribution >= 4 is 5.91 Å². The third-order valence-corrected chi connectivity index (χ3v) is 22.7. The average Bonchev–Trinajstić information content (AvgIpc) is 3.98. The van der Waals surface area contributed by atoms with Crippen LogP contribution in [-0.2, 0) is 9.63 Å². The van der Waals surface area contributed by atoms with Crippen LogP contribution in [-0.4, -0.2) is 107 Å². The lowest BCUT2D eigenvalue weighted by Crippen LogP contribution is -2.59. The fourth-order valence-electron chi connectivity index (χ4n) is 19.1. The predicted octanol–water partition coefficient (Wildman–Crippen LogP) is 9.25. The van der Waals surface area contributed by atoms with E-state index in [-0.39, 0.29) is 48.0 Å². The van der Waals surface area contributed by atoms with Crippen LogP contribution in [0.1, 0.15) is 205 Å². The second-order valence-corrected chi connectivity index (χ2v) is 26.7. The Balaban J connectivity index is 0.649. The Morgan fingerprint density at radius 3 is 1.54 bits per heavy atom. The van der Waals surface area contributed by atoms with Gasteiger partial charge in [0.25, 0.3) is 0 Å². The van der Waals surface area contributed by atoms with Gasteiger partial charge in [-0.3, -0.25) is 4.79 Å². The Bertz CT molecular complexity index is 1800. The van der Waals surface area contributed by atoms with Crippen LogP contribution < -0.4 is 26.7 Å². The van der Waals surface area contributed by atoms with E-state index in [4.69, 9.17) is 25.3 Å². The zero-order valence-corrected chi connectivity index (χ0v) is 43.7. The van der Waals surface area contributed by atoms with Crippen molar-refractivity contribution in [3.63, 3.8) is 0 Å². The standard InChI is InChI=1S/C58H97N9O4/c68-56-36(33-71-67-42-13-5-2-6-14-42)31-34-19-29-45-43-15-7-9-17-48(43)61-52(45)50(34)54(56)65-63-40-25-21-38(22-26-40)59-39-23-27-41(28-24-39)64-66-55-51-35(20-30-46-44-16-8-10-18-49(44)62-53(46)51)32-47(57(55)69)58(70)60-37-11-3-1-4-12-37/h34-57,59,61-62,67-69H,1-33H2,(H,60,70). The fraction of sp³-hybridized carbons (Fsp3) is 0.983. The molecule has 0 bridgehead atoms. The molecule has 12 aliphatic rings. The van der Waals surface area contributed by atoms with Crippen LogP contribution in [0.5, 0.6) is 0 Å². The molecule has 1 amide bonds. The lowest BCUT2D eigenvalue weighted by Gasteiger charge is -2.50. The van der Waals surface area contributed by atoms with Crippen molar-refractivity contribution in [2.75, 3.05) is 6.61 Å². The van der Waals surface area contributed by atoms with Crippen LogP contribution in [0, 0.1) is 59.2 Å². The maximum Gasteiger partial charge on any atom is 0.226 e.